The topological polar surface area (TPSA) is 46.9 Å². The third-order valence-corrected chi connectivity index (χ3v) is 6.47. The number of hydrogen-bond donors (Lipinski definition) is 1. The molecule has 2 fully saturated rings. The zero-order valence-corrected chi connectivity index (χ0v) is 15.2. The van der Waals surface area contributed by atoms with Gasteiger partial charge >= 0.3 is 6.18 Å². The van der Waals surface area contributed by atoms with Gasteiger partial charge in [-0.2, -0.15) is 18.3 Å². The maximum absolute atomic E-state index is 12.9. The van der Waals surface area contributed by atoms with Crippen molar-refractivity contribution in [3.05, 3.63) is 15.9 Å². The fourth-order valence-corrected chi connectivity index (χ4v) is 4.82. The minimum absolute atomic E-state index is 0.0502. The molecule has 2 bridgehead atoms. The average Bonchev–Trinajstić information content (AvgIpc) is 3.17. The molecule has 3 rings (SSSR count). The van der Waals surface area contributed by atoms with Crippen LogP contribution >= 0.6 is 15.9 Å². The number of nitrogens with one attached hydrogen (secondary N) is 1. The number of alkyl halides is 3. The summed E-state index contributed by atoms with van der Waals surface area (Å²) in [6, 6.07) is 0.0502. The fraction of sp³-hybridized carbons (Fsp3) is 0.750. The number of rotatable bonds is 4. The summed E-state index contributed by atoms with van der Waals surface area (Å²) in [5, 5.41) is 6.50. The van der Waals surface area contributed by atoms with Crippen LogP contribution in [-0.2, 0) is 17.5 Å². The lowest BCUT2D eigenvalue weighted by molar-refractivity contribution is -0.142. The van der Waals surface area contributed by atoms with Gasteiger partial charge in [0.1, 0.15) is 6.54 Å². The van der Waals surface area contributed by atoms with Crippen molar-refractivity contribution in [2.24, 2.45) is 17.8 Å². The van der Waals surface area contributed by atoms with Gasteiger partial charge in [0.25, 0.3) is 0 Å². The van der Waals surface area contributed by atoms with E-state index in [1.165, 1.54) is 26.2 Å². The monoisotopic (exact) mass is 407 g/mol. The molecule has 2 aliphatic rings. The molecule has 0 spiro atoms. The van der Waals surface area contributed by atoms with Crippen molar-refractivity contribution in [1.29, 1.82) is 0 Å². The number of aromatic nitrogens is 2. The Morgan fingerprint density at radius 1 is 1.42 bits per heavy atom. The van der Waals surface area contributed by atoms with Crippen LogP contribution in [-0.4, -0.2) is 21.7 Å². The second-order valence-electron chi connectivity index (χ2n) is 7.10. The Morgan fingerprint density at radius 3 is 2.62 bits per heavy atom. The highest BCUT2D eigenvalue weighted by Crippen LogP contribution is 2.49. The Balaban J connectivity index is 1.63. The van der Waals surface area contributed by atoms with E-state index in [2.05, 4.69) is 26.3 Å². The van der Waals surface area contributed by atoms with Crippen molar-refractivity contribution < 1.29 is 18.0 Å². The first-order valence-electron chi connectivity index (χ1n) is 8.26. The lowest BCUT2D eigenvalue weighted by Gasteiger charge is -2.28. The Hall–Kier alpha value is -1.05. The minimum Gasteiger partial charge on any atom is -0.352 e. The summed E-state index contributed by atoms with van der Waals surface area (Å²) in [6.45, 7) is 3.31. The van der Waals surface area contributed by atoms with E-state index in [1.54, 1.807) is 0 Å². The van der Waals surface area contributed by atoms with Crippen LogP contribution in [0.15, 0.2) is 4.47 Å². The quantitative estimate of drug-likeness (QED) is 0.821. The molecule has 24 heavy (non-hydrogen) atoms. The summed E-state index contributed by atoms with van der Waals surface area (Å²) >= 11 is 2.92. The van der Waals surface area contributed by atoms with E-state index in [0.29, 0.717) is 17.5 Å². The molecule has 1 aromatic rings. The van der Waals surface area contributed by atoms with E-state index < -0.39 is 11.9 Å². The normalized spacial score (nSPS) is 27.5. The van der Waals surface area contributed by atoms with Crippen molar-refractivity contribution in [1.82, 2.24) is 15.1 Å². The van der Waals surface area contributed by atoms with E-state index in [4.69, 9.17) is 0 Å². The summed E-state index contributed by atoms with van der Waals surface area (Å²) in [5.41, 5.74) is -0.695. The number of nitrogens with zero attached hydrogens (tertiary/aromatic N) is 2. The van der Waals surface area contributed by atoms with Crippen molar-refractivity contribution in [3.63, 3.8) is 0 Å². The smallest absolute Gasteiger partial charge is 0.352 e. The summed E-state index contributed by atoms with van der Waals surface area (Å²) in [5.74, 6) is 1.67. The highest BCUT2D eigenvalue weighted by molar-refractivity contribution is 9.10. The number of carbonyl (C=O) groups is 1. The molecular weight excluding hydrogens is 387 g/mol. The molecule has 0 aromatic carbocycles. The number of hydrogen-bond acceptors (Lipinski definition) is 2. The molecular formula is C16H21BrF3N3O. The van der Waals surface area contributed by atoms with Crippen LogP contribution in [0, 0.1) is 24.7 Å². The van der Waals surface area contributed by atoms with Crippen LogP contribution in [0.2, 0.25) is 0 Å². The molecule has 2 aliphatic carbocycles. The molecule has 1 amide bonds. The molecule has 0 aliphatic heterocycles. The summed E-state index contributed by atoms with van der Waals surface area (Å²) in [4.78, 5) is 12.2. The largest absolute Gasteiger partial charge is 0.436 e. The number of amides is 1. The molecule has 0 unspecified atom stereocenters. The van der Waals surface area contributed by atoms with Crippen LogP contribution in [0.5, 0.6) is 0 Å². The van der Waals surface area contributed by atoms with Crippen LogP contribution in [0.25, 0.3) is 0 Å². The van der Waals surface area contributed by atoms with Crippen molar-refractivity contribution in [2.75, 3.05) is 0 Å². The SMILES string of the molecule is Cc1c(Br)c(C(F)(F)F)nn1CC(=O)N[C@@H](C)[C@H]1C[C@@H]2CC[C@@H]1C2. The van der Waals surface area contributed by atoms with E-state index in [1.807, 2.05) is 6.92 Å². The second kappa shape index (κ2) is 6.35. The van der Waals surface area contributed by atoms with Gasteiger partial charge in [0.05, 0.1) is 10.2 Å². The highest BCUT2D eigenvalue weighted by Gasteiger charge is 2.42. The fourth-order valence-electron chi connectivity index (χ4n) is 4.31. The molecule has 8 heteroatoms. The van der Waals surface area contributed by atoms with Crippen LogP contribution < -0.4 is 5.32 Å². The highest BCUT2D eigenvalue weighted by atomic mass is 79.9. The molecule has 4 nitrogen and oxygen atoms in total. The second-order valence-corrected chi connectivity index (χ2v) is 7.89. The Labute approximate surface area is 147 Å². The molecule has 1 heterocycles. The molecule has 0 radical (unpaired) electrons. The number of fused-ring (bicyclic) bond motifs is 2. The third kappa shape index (κ3) is 3.34. The average molecular weight is 408 g/mol. The van der Waals surface area contributed by atoms with Crippen molar-refractivity contribution >= 4 is 21.8 Å². The van der Waals surface area contributed by atoms with E-state index >= 15 is 0 Å². The summed E-state index contributed by atoms with van der Waals surface area (Å²) < 4.78 is 39.6. The molecule has 1 aromatic heterocycles. The van der Waals surface area contributed by atoms with Crippen LogP contribution in [0.3, 0.4) is 0 Å². The summed E-state index contributed by atoms with van der Waals surface area (Å²) in [7, 11) is 0. The maximum Gasteiger partial charge on any atom is 0.436 e. The van der Waals surface area contributed by atoms with E-state index in [9.17, 15) is 18.0 Å². The predicted octanol–water partition coefficient (Wildman–Crippen LogP) is 3.91. The molecule has 134 valence electrons. The Bertz CT molecular complexity index is 643. The number of carbonyl (C=O) groups excluding carboxylic acids is 1. The molecule has 4 atom stereocenters. The van der Waals surface area contributed by atoms with E-state index in [-0.39, 0.29) is 23.0 Å². The zero-order chi connectivity index (χ0) is 17.6. The van der Waals surface area contributed by atoms with Gasteiger partial charge in [-0.25, -0.2) is 0 Å². The van der Waals surface area contributed by atoms with Crippen LogP contribution in [0.1, 0.15) is 44.0 Å². The Morgan fingerprint density at radius 2 is 2.12 bits per heavy atom. The van der Waals surface area contributed by atoms with Crippen molar-refractivity contribution in [3.8, 4) is 0 Å². The molecule has 2 saturated carbocycles. The number of halogens is 4. The lowest BCUT2D eigenvalue weighted by Crippen LogP contribution is -2.41. The molecule has 1 N–H and O–H groups in total. The minimum atomic E-state index is -4.54. The van der Waals surface area contributed by atoms with Gasteiger partial charge in [-0.05, 0) is 66.8 Å². The van der Waals surface area contributed by atoms with Gasteiger partial charge < -0.3 is 5.32 Å². The van der Waals surface area contributed by atoms with Crippen LogP contribution in [0.4, 0.5) is 13.2 Å². The first-order valence-corrected chi connectivity index (χ1v) is 9.05. The zero-order valence-electron chi connectivity index (χ0n) is 13.7. The standard InChI is InChI=1S/C16H21BrF3N3O/c1-8(12-6-10-3-4-11(12)5-10)21-13(24)7-23-9(2)14(17)15(22-23)16(18,19)20/h8,10-12H,3-7H2,1-2H3,(H,21,24)/t8-,10+,11+,12+/m0/s1. The van der Waals surface area contributed by atoms with Gasteiger partial charge in [-0.3, -0.25) is 9.48 Å². The van der Waals surface area contributed by atoms with Gasteiger partial charge in [0.2, 0.25) is 5.91 Å². The first kappa shape index (κ1) is 17.8. The predicted molar refractivity (Wildman–Crippen MR) is 86.2 cm³/mol. The lowest BCUT2D eigenvalue weighted by atomic mass is 9.84. The van der Waals surface area contributed by atoms with Gasteiger partial charge in [0.15, 0.2) is 5.69 Å². The maximum atomic E-state index is 12.9. The van der Waals surface area contributed by atoms with Gasteiger partial charge in [0, 0.05) is 6.04 Å². The summed E-state index contributed by atoms with van der Waals surface area (Å²) in [6.07, 6.45) is 0.391. The third-order valence-electron chi connectivity index (χ3n) is 5.52. The van der Waals surface area contributed by atoms with Crippen molar-refractivity contribution in [2.45, 2.75) is 58.3 Å². The Kier molecular flexibility index (Phi) is 4.70. The van der Waals surface area contributed by atoms with E-state index in [0.717, 1.165) is 17.0 Å². The van der Waals surface area contributed by atoms with Gasteiger partial charge in [-0.1, -0.05) is 6.42 Å². The van der Waals surface area contributed by atoms with Gasteiger partial charge in [-0.15, -0.1) is 0 Å². The molecule has 0 saturated heterocycles. The first-order chi connectivity index (χ1) is 11.2.